The second-order valence-electron chi connectivity index (χ2n) is 7.17. The highest BCUT2D eigenvalue weighted by Gasteiger charge is 2.51. The SMILES string of the molecule is CCC(C)(C)O[Si](O)(OC(C)(C)C)OC(C)(C)CC. The topological polar surface area (TPSA) is 47.9 Å². The second kappa shape index (κ2) is 6.22. The van der Waals surface area contributed by atoms with E-state index in [1.165, 1.54) is 0 Å². The molecule has 0 aliphatic rings. The number of hydrogen-bond acceptors (Lipinski definition) is 4. The van der Waals surface area contributed by atoms with Gasteiger partial charge in [0.05, 0.1) is 16.8 Å². The Labute approximate surface area is 119 Å². The molecule has 0 rings (SSSR count). The molecule has 0 aromatic rings. The van der Waals surface area contributed by atoms with Crippen LogP contribution in [0.4, 0.5) is 0 Å². The van der Waals surface area contributed by atoms with Crippen LogP contribution >= 0.6 is 0 Å². The molecule has 0 aliphatic heterocycles. The predicted octanol–water partition coefficient (Wildman–Crippen LogP) is 3.64. The lowest BCUT2D eigenvalue weighted by Crippen LogP contribution is -2.58. The van der Waals surface area contributed by atoms with Gasteiger partial charge in [0.15, 0.2) is 0 Å². The summed E-state index contributed by atoms with van der Waals surface area (Å²) in [5.74, 6) is 0. The molecule has 0 aromatic carbocycles. The molecule has 0 bridgehead atoms. The highest BCUT2D eigenvalue weighted by atomic mass is 28.4. The van der Waals surface area contributed by atoms with Crippen LogP contribution in [0, 0.1) is 0 Å². The summed E-state index contributed by atoms with van der Waals surface area (Å²) in [6, 6.07) is 0. The highest BCUT2D eigenvalue weighted by Crippen LogP contribution is 2.29. The molecule has 116 valence electrons. The van der Waals surface area contributed by atoms with Gasteiger partial charge in [-0.1, -0.05) is 13.8 Å². The van der Waals surface area contributed by atoms with Crippen LogP contribution in [0.1, 0.15) is 75.2 Å². The van der Waals surface area contributed by atoms with Crippen LogP contribution in [0.25, 0.3) is 0 Å². The lowest BCUT2D eigenvalue weighted by molar-refractivity contribution is -0.128. The van der Waals surface area contributed by atoms with Crippen molar-refractivity contribution in [1.29, 1.82) is 0 Å². The van der Waals surface area contributed by atoms with Crippen molar-refractivity contribution in [1.82, 2.24) is 0 Å². The normalized spacial score (nSPS) is 14.8. The fraction of sp³-hybridized carbons (Fsp3) is 1.00. The maximum absolute atomic E-state index is 10.8. The van der Waals surface area contributed by atoms with Gasteiger partial charge in [-0.15, -0.1) is 0 Å². The minimum Gasteiger partial charge on any atom is -0.367 e. The van der Waals surface area contributed by atoms with Crippen molar-refractivity contribution in [3.05, 3.63) is 0 Å². The Morgan fingerprint density at radius 1 is 0.737 bits per heavy atom. The maximum Gasteiger partial charge on any atom is 0.678 e. The van der Waals surface area contributed by atoms with Gasteiger partial charge >= 0.3 is 9.05 Å². The van der Waals surface area contributed by atoms with Crippen LogP contribution < -0.4 is 0 Å². The Bertz CT molecular complexity index is 264. The Balaban J connectivity index is 5.13. The molecule has 0 heterocycles. The molecule has 5 heteroatoms. The Kier molecular flexibility index (Phi) is 6.24. The van der Waals surface area contributed by atoms with Crippen molar-refractivity contribution < 1.29 is 18.1 Å². The minimum atomic E-state index is -3.70. The minimum absolute atomic E-state index is 0.476. The van der Waals surface area contributed by atoms with Gasteiger partial charge in [0, 0.05) is 0 Å². The first-order valence-corrected chi connectivity index (χ1v) is 8.74. The van der Waals surface area contributed by atoms with Gasteiger partial charge in [0.1, 0.15) is 0 Å². The van der Waals surface area contributed by atoms with Gasteiger partial charge in [-0.3, -0.25) is 0 Å². The van der Waals surface area contributed by atoms with Crippen molar-refractivity contribution in [3.8, 4) is 0 Å². The molecular weight excluding hydrogens is 260 g/mol. The van der Waals surface area contributed by atoms with Gasteiger partial charge in [-0.05, 0) is 61.3 Å². The maximum atomic E-state index is 10.8. The van der Waals surface area contributed by atoms with Crippen LogP contribution in [-0.2, 0) is 13.3 Å². The lowest BCUT2D eigenvalue weighted by Gasteiger charge is -2.40. The zero-order valence-corrected chi connectivity index (χ0v) is 15.1. The molecule has 0 spiro atoms. The molecule has 0 atom stereocenters. The average Bonchev–Trinajstić information content (AvgIpc) is 2.12. The smallest absolute Gasteiger partial charge is 0.367 e. The van der Waals surface area contributed by atoms with Crippen molar-refractivity contribution >= 4 is 9.05 Å². The molecule has 0 fully saturated rings. The third-order valence-electron chi connectivity index (χ3n) is 2.95. The summed E-state index contributed by atoms with van der Waals surface area (Å²) in [5, 5.41) is 0. The van der Waals surface area contributed by atoms with E-state index in [0.29, 0.717) is 0 Å². The Morgan fingerprint density at radius 3 is 1.26 bits per heavy atom. The summed E-state index contributed by atoms with van der Waals surface area (Å²) in [6.45, 7) is 17.4. The van der Waals surface area contributed by atoms with Gasteiger partial charge in [0.25, 0.3) is 0 Å². The largest absolute Gasteiger partial charge is 0.678 e. The van der Waals surface area contributed by atoms with E-state index in [1.54, 1.807) is 0 Å². The molecule has 0 radical (unpaired) electrons. The molecular formula is C14H32O4Si. The van der Waals surface area contributed by atoms with Crippen molar-refractivity contribution in [3.63, 3.8) is 0 Å². The molecule has 0 aliphatic carbocycles. The van der Waals surface area contributed by atoms with E-state index in [1.807, 2.05) is 62.3 Å². The molecule has 0 amide bonds. The summed E-state index contributed by atoms with van der Waals surface area (Å²) in [5.41, 5.74) is -1.47. The fourth-order valence-corrected chi connectivity index (χ4v) is 3.88. The first kappa shape index (κ1) is 19.1. The van der Waals surface area contributed by atoms with Gasteiger partial charge in [0.2, 0.25) is 0 Å². The van der Waals surface area contributed by atoms with E-state index in [9.17, 15) is 4.80 Å². The molecule has 4 nitrogen and oxygen atoms in total. The zero-order valence-electron chi connectivity index (χ0n) is 14.1. The number of hydrogen-bond donors (Lipinski definition) is 1. The van der Waals surface area contributed by atoms with Crippen LogP contribution in [-0.4, -0.2) is 30.6 Å². The standard InChI is InChI=1S/C14H32O4Si/c1-10-13(6,7)17-19(15,16-12(3,4)5)18-14(8,9)11-2/h15H,10-11H2,1-9H3. The zero-order chi connectivity index (χ0) is 15.5. The molecule has 19 heavy (non-hydrogen) atoms. The summed E-state index contributed by atoms with van der Waals surface area (Å²) in [7, 11) is -3.70. The van der Waals surface area contributed by atoms with Gasteiger partial charge in [-0.2, -0.15) is 0 Å². The molecule has 1 N–H and O–H groups in total. The summed E-state index contributed by atoms with van der Waals surface area (Å²) < 4.78 is 17.4. The van der Waals surface area contributed by atoms with E-state index in [0.717, 1.165) is 12.8 Å². The first-order chi connectivity index (χ1) is 8.24. The molecule has 0 aromatic heterocycles. The molecule has 0 saturated carbocycles. The van der Waals surface area contributed by atoms with Crippen LogP contribution in [0.15, 0.2) is 0 Å². The van der Waals surface area contributed by atoms with E-state index >= 15 is 0 Å². The molecule has 0 unspecified atom stereocenters. The van der Waals surface area contributed by atoms with E-state index in [4.69, 9.17) is 13.3 Å². The van der Waals surface area contributed by atoms with Crippen LogP contribution in [0.5, 0.6) is 0 Å². The second-order valence-corrected chi connectivity index (χ2v) is 8.83. The van der Waals surface area contributed by atoms with Crippen molar-refractivity contribution in [2.45, 2.75) is 92.0 Å². The number of rotatable bonds is 7. The lowest BCUT2D eigenvalue weighted by atomic mass is 10.1. The molecule has 0 saturated heterocycles. The van der Waals surface area contributed by atoms with Crippen molar-refractivity contribution in [2.24, 2.45) is 0 Å². The van der Waals surface area contributed by atoms with Gasteiger partial charge < -0.3 is 18.1 Å². The predicted molar refractivity (Wildman–Crippen MR) is 79.7 cm³/mol. The monoisotopic (exact) mass is 292 g/mol. The highest BCUT2D eigenvalue weighted by molar-refractivity contribution is 6.52. The quantitative estimate of drug-likeness (QED) is 0.728. The van der Waals surface area contributed by atoms with Crippen molar-refractivity contribution in [2.75, 3.05) is 0 Å². The average molecular weight is 292 g/mol. The van der Waals surface area contributed by atoms with E-state index in [-0.39, 0.29) is 0 Å². The third kappa shape index (κ3) is 8.04. The summed E-state index contributed by atoms with van der Waals surface area (Å²) >= 11 is 0. The van der Waals surface area contributed by atoms with Gasteiger partial charge in [-0.25, -0.2) is 0 Å². The Hall–Kier alpha value is 0.0569. The van der Waals surface area contributed by atoms with E-state index < -0.39 is 25.9 Å². The van der Waals surface area contributed by atoms with E-state index in [2.05, 4.69) is 0 Å². The fourth-order valence-electron chi connectivity index (χ4n) is 1.29. The summed E-state index contributed by atoms with van der Waals surface area (Å²) in [4.78, 5) is 10.8. The third-order valence-corrected chi connectivity index (χ3v) is 5.44. The summed E-state index contributed by atoms with van der Waals surface area (Å²) in [6.07, 6.45) is 1.54. The van der Waals surface area contributed by atoms with Crippen LogP contribution in [0.3, 0.4) is 0 Å². The first-order valence-electron chi connectivity index (χ1n) is 7.07. The Morgan fingerprint density at radius 2 is 1.05 bits per heavy atom. The van der Waals surface area contributed by atoms with Crippen LogP contribution in [0.2, 0.25) is 0 Å².